The molecule has 0 saturated carbocycles. The van der Waals surface area contributed by atoms with E-state index in [1.807, 2.05) is 6.07 Å². The van der Waals surface area contributed by atoms with E-state index in [0.29, 0.717) is 17.5 Å². The summed E-state index contributed by atoms with van der Waals surface area (Å²) in [4.78, 5) is 2.91. The van der Waals surface area contributed by atoms with Crippen LogP contribution in [0.1, 0.15) is 29.5 Å². The molecular formula is C15H22N2OS. The fourth-order valence-corrected chi connectivity index (χ4v) is 2.72. The molecule has 0 aromatic heterocycles. The van der Waals surface area contributed by atoms with Crippen molar-refractivity contribution in [1.29, 1.82) is 0 Å². The molecule has 1 fully saturated rings. The lowest BCUT2D eigenvalue weighted by molar-refractivity contribution is 0.127. The molecule has 1 aromatic rings. The minimum atomic E-state index is 0.329. The maximum absolute atomic E-state index is 9.15. The van der Waals surface area contributed by atoms with Gasteiger partial charge in [0.25, 0.3) is 0 Å². The number of nitrogens with two attached hydrogens (primary N) is 1. The number of rotatable bonds is 4. The largest absolute Gasteiger partial charge is 0.396 e. The second kappa shape index (κ2) is 6.46. The van der Waals surface area contributed by atoms with Crippen LogP contribution in [0.2, 0.25) is 0 Å². The molecule has 0 aliphatic carbocycles. The highest BCUT2D eigenvalue weighted by molar-refractivity contribution is 7.80. The van der Waals surface area contributed by atoms with Crippen molar-refractivity contribution in [2.75, 3.05) is 19.7 Å². The van der Waals surface area contributed by atoms with E-state index in [4.69, 9.17) is 23.1 Å². The minimum absolute atomic E-state index is 0.329. The van der Waals surface area contributed by atoms with Gasteiger partial charge in [-0.2, -0.15) is 0 Å². The highest BCUT2D eigenvalue weighted by atomic mass is 32.1. The van der Waals surface area contributed by atoms with Crippen molar-refractivity contribution in [2.24, 2.45) is 11.7 Å². The van der Waals surface area contributed by atoms with Gasteiger partial charge >= 0.3 is 0 Å². The van der Waals surface area contributed by atoms with Gasteiger partial charge in [-0.25, -0.2) is 0 Å². The van der Waals surface area contributed by atoms with Gasteiger partial charge in [0.1, 0.15) is 4.99 Å². The molecule has 0 radical (unpaired) electrons. The maximum atomic E-state index is 9.15. The molecule has 1 aliphatic heterocycles. The number of piperidine rings is 1. The van der Waals surface area contributed by atoms with Crippen molar-refractivity contribution in [2.45, 2.75) is 26.3 Å². The van der Waals surface area contributed by atoms with Crippen molar-refractivity contribution in [3.63, 3.8) is 0 Å². The third kappa shape index (κ3) is 3.75. The third-order valence-corrected chi connectivity index (χ3v) is 4.22. The summed E-state index contributed by atoms with van der Waals surface area (Å²) in [6.07, 6.45) is 2.20. The second-order valence-electron chi connectivity index (χ2n) is 5.41. The molecule has 0 unspecified atom stereocenters. The second-order valence-corrected chi connectivity index (χ2v) is 5.85. The normalized spacial score (nSPS) is 17.6. The van der Waals surface area contributed by atoms with Crippen LogP contribution >= 0.6 is 12.2 Å². The molecule has 19 heavy (non-hydrogen) atoms. The van der Waals surface area contributed by atoms with Crippen LogP contribution in [0.25, 0.3) is 0 Å². The SMILES string of the molecule is Cc1cc(C(N)=S)ccc1CN1CCC(CO)CC1. The van der Waals surface area contributed by atoms with Gasteiger partial charge < -0.3 is 10.8 Å². The fraction of sp³-hybridized carbons (Fsp3) is 0.533. The number of aliphatic hydroxyl groups excluding tert-OH is 1. The third-order valence-electron chi connectivity index (χ3n) is 3.99. The van der Waals surface area contributed by atoms with Gasteiger partial charge in [-0.15, -0.1) is 0 Å². The van der Waals surface area contributed by atoms with E-state index in [1.54, 1.807) is 0 Å². The molecule has 0 bridgehead atoms. The van der Waals surface area contributed by atoms with Crippen LogP contribution in [0.5, 0.6) is 0 Å². The average molecular weight is 278 g/mol. The Morgan fingerprint density at radius 2 is 2.11 bits per heavy atom. The van der Waals surface area contributed by atoms with Gasteiger partial charge in [-0.05, 0) is 56.0 Å². The summed E-state index contributed by atoms with van der Waals surface area (Å²) in [6, 6.07) is 6.20. The summed E-state index contributed by atoms with van der Waals surface area (Å²) >= 11 is 5.00. The van der Waals surface area contributed by atoms with E-state index < -0.39 is 0 Å². The summed E-state index contributed by atoms with van der Waals surface area (Å²) in [5, 5.41) is 9.15. The van der Waals surface area contributed by atoms with E-state index in [1.165, 1.54) is 11.1 Å². The van der Waals surface area contributed by atoms with E-state index in [2.05, 4.69) is 24.0 Å². The molecule has 1 aromatic carbocycles. The topological polar surface area (TPSA) is 49.5 Å². The Bertz CT molecular complexity index is 453. The average Bonchev–Trinajstić information content (AvgIpc) is 2.41. The van der Waals surface area contributed by atoms with E-state index >= 15 is 0 Å². The summed E-state index contributed by atoms with van der Waals surface area (Å²) < 4.78 is 0. The molecule has 1 aliphatic rings. The molecule has 104 valence electrons. The molecule has 1 saturated heterocycles. The standard InChI is InChI=1S/C15H22N2OS/c1-11-8-13(15(16)19)2-3-14(11)9-17-6-4-12(10-18)5-7-17/h2-3,8,12,18H,4-7,9-10H2,1H3,(H2,16,19). The van der Waals surface area contributed by atoms with Crippen LogP contribution in [0.4, 0.5) is 0 Å². The Balaban J connectivity index is 1.98. The molecule has 3 N–H and O–H groups in total. The van der Waals surface area contributed by atoms with Gasteiger partial charge in [-0.3, -0.25) is 4.90 Å². The molecule has 4 heteroatoms. The predicted molar refractivity (Wildman–Crippen MR) is 82.2 cm³/mol. The quantitative estimate of drug-likeness (QED) is 0.825. The Kier molecular flexibility index (Phi) is 4.91. The van der Waals surface area contributed by atoms with Gasteiger partial charge in [0, 0.05) is 18.7 Å². The number of hydrogen-bond acceptors (Lipinski definition) is 3. The van der Waals surface area contributed by atoms with Crippen LogP contribution in [0.3, 0.4) is 0 Å². The first-order valence-corrected chi connectivity index (χ1v) is 7.23. The van der Waals surface area contributed by atoms with Gasteiger partial charge in [0.05, 0.1) is 0 Å². The van der Waals surface area contributed by atoms with E-state index in [0.717, 1.165) is 38.0 Å². The summed E-state index contributed by atoms with van der Waals surface area (Å²) in [7, 11) is 0. The van der Waals surface area contributed by atoms with Crippen molar-refractivity contribution in [3.05, 3.63) is 34.9 Å². The van der Waals surface area contributed by atoms with Crippen LogP contribution in [0, 0.1) is 12.8 Å². The minimum Gasteiger partial charge on any atom is -0.396 e. The molecule has 0 amide bonds. The highest BCUT2D eigenvalue weighted by Crippen LogP contribution is 2.20. The first kappa shape index (κ1) is 14.4. The Hall–Kier alpha value is -0.970. The number of hydrogen-bond donors (Lipinski definition) is 2. The first-order valence-electron chi connectivity index (χ1n) is 6.82. The van der Waals surface area contributed by atoms with E-state index in [9.17, 15) is 0 Å². The zero-order valence-electron chi connectivity index (χ0n) is 11.4. The Labute approximate surface area is 120 Å². The number of aryl methyl sites for hydroxylation is 1. The lowest BCUT2D eigenvalue weighted by atomic mass is 9.97. The number of nitrogens with zero attached hydrogens (tertiary/aromatic N) is 1. The Morgan fingerprint density at radius 1 is 1.42 bits per heavy atom. The highest BCUT2D eigenvalue weighted by Gasteiger charge is 2.18. The maximum Gasteiger partial charge on any atom is 0.103 e. The zero-order valence-corrected chi connectivity index (χ0v) is 12.2. The van der Waals surface area contributed by atoms with Crippen LogP contribution in [-0.4, -0.2) is 34.7 Å². The van der Waals surface area contributed by atoms with Crippen molar-refractivity contribution in [1.82, 2.24) is 4.90 Å². The molecule has 0 spiro atoms. The van der Waals surface area contributed by atoms with Gasteiger partial charge in [0.15, 0.2) is 0 Å². The number of aliphatic hydroxyl groups is 1. The lowest BCUT2D eigenvalue weighted by Gasteiger charge is -2.31. The summed E-state index contributed by atoms with van der Waals surface area (Å²) in [5.41, 5.74) is 9.17. The number of likely N-dealkylation sites (tertiary alicyclic amines) is 1. The van der Waals surface area contributed by atoms with Gasteiger partial charge in [-0.1, -0.05) is 24.4 Å². The smallest absolute Gasteiger partial charge is 0.103 e. The summed E-state index contributed by atoms with van der Waals surface area (Å²) in [5.74, 6) is 0.495. The van der Waals surface area contributed by atoms with Gasteiger partial charge in [0.2, 0.25) is 0 Å². The molecule has 1 heterocycles. The van der Waals surface area contributed by atoms with Crippen LogP contribution in [0.15, 0.2) is 18.2 Å². The number of benzene rings is 1. The predicted octanol–water partition coefficient (Wildman–Crippen LogP) is 1.83. The van der Waals surface area contributed by atoms with Crippen molar-refractivity contribution in [3.8, 4) is 0 Å². The van der Waals surface area contributed by atoms with Crippen LogP contribution < -0.4 is 5.73 Å². The lowest BCUT2D eigenvalue weighted by Crippen LogP contribution is -2.34. The molecule has 3 nitrogen and oxygen atoms in total. The molecule has 0 atom stereocenters. The first-order chi connectivity index (χ1) is 9.10. The monoisotopic (exact) mass is 278 g/mol. The molecular weight excluding hydrogens is 256 g/mol. The van der Waals surface area contributed by atoms with Crippen molar-refractivity contribution >= 4 is 17.2 Å². The molecule has 2 rings (SSSR count). The fourth-order valence-electron chi connectivity index (χ4n) is 2.59. The number of thiocarbonyl (C=S) groups is 1. The Morgan fingerprint density at radius 3 is 2.63 bits per heavy atom. The van der Waals surface area contributed by atoms with Crippen molar-refractivity contribution < 1.29 is 5.11 Å². The van der Waals surface area contributed by atoms with Crippen LogP contribution in [-0.2, 0) is 6.54 Å². The van der Waals surface area contributed by atoms with E-state index in [-0.39, 0.29) is 0 Å². The zero-order chi connectivity index (χ0) is 13.8. The summed E-state index contributed by atoms with van der Waals surface area (Å²) in [6.45, 7) is 5.55.